The Labute approximate surface area is 88.2 Å². The third kappa shape index (κ3) is 2.26. The molecule has 1 rings (SSSR count). The van der Waals surface area contributed by atoms with Crippen LogP contribution in [0.15, 0.2) is 16.7 Å². The Morgan fingerprint density at radius 2 is 2.20 bits per heavy atom. The van der Waals surface area contributed by atoms with Crippen molar-refractivity contribution >= 4 is 11.8 Å². The van der Waals surface area contributed by atoms with Gasteiger partial charge in [0, 0.05) is 0 Å². The number of rotatable bonds is 4. The zero-order valence-corrected chi connectivity index (χ0v) is 9.07. The van der Waals surface area contributed by atoms with E-state index in [1.807, 2.05) is 0 Å². The maximum absolute atomic E-state index is 11.9. The Hall–Kier alpha value is -1.58. The molecular weight excluding hydrogens is 196 g/mol. The van der Waals surface area contributed by atoms with Gasteiger partial charge in [0.2, 0.25) is 0 Å². The smallest absolute Gasteiger partial charge is 0.316 e. The van der Waals surface area contributed by atoms with Crippen LogP contribution in [0.2, 0.25) is 0 Å². The fraction of sp³-hybridized carbons (Fsp3) is 0.455. The highest BCUT2D eigenvalue weighted by atomic mass is 16.5. The molecule has 0 saturated carbocycles. The van der Waals surface area contributed by atoms with Crippen LogP contribution in [-0.4, -0.2) is 18.9 Å². The molecule has 4 heteroatoms. The summed E-state index contributed by atoms with van der Waals surface area (Å²) in [5, 5.41) is 0. The second kappa shape index (κ2) is 4.77. The number of aryl methyl sites for hydroxylation is 1. The lowest BCUT2D eigenvalue weighted by atomic mass is 9.96. The van der Waals surface area contributed by atoms with Crippen LogP contribution >= 0.6 is 0 Å². The lowest BCUT2D eigenvalue weighted by molar-refractivity contribution is -0.143. The molecule has 0 aromatic carbocycles. The SMILES string of the molecule is CCC(C(=O)OC)C(=O)c1ccoc1C. The summed E-state index contributed by atoms with van der Waals surface area (Å²) < 4.78 is 9.59. The van der Waals surface area contributed by atoms with E-state index in [0.29, 0.717) is 17.7 Å². The molecule has 1 aromatic heterocycles. The van der Waals surface area contributed by atoms with Crippen LogP contribution in [0.4, 0.5) is 0 Å². The Morgan fingerprint density at radius 1 is 1.53 bits per heavy atom. The molecule has 1 unspecified atom stereocenters. The van der Waals surface area contributed by atoms with E-state index in [0.717, 1.165) is 0 Å². The zero-order valence-electron chi connectivity index (χ0n) is 9.07. The monoisotopic (exact) mass is 210 g/mol. The van der Waals surface area contributed by atoms with Crippen molar-refractivity contribution in [2.75, 3.05) is 7.11 Å². The number of ether oxygens (including phenoxy) is 1. The second-order valence-electron chi connectivity index (χ2n) is 3.24. The highest BCUT2D eigenvalue weighted by Gasteiger charge is 2.28. The first-order valence-electron chi connectivity index (χ1n) is 4.78. The van der Waals surface area contributed by atoms with Crippen LogP contribution in [0, 0.1) is 12.8 Å². The van der Waals surface area contributed by atoms with Crippen LogP contribution in [-0.2, 0) is 9.53 Å². The Morgan fingerprint density at radius 3 is 2.60 bits per heavy atom. The maximum Gasteiger partial charge on any atom is 0.316 e. The molecule has 0 fully saturated rings. The number of carbonyl (C=O) groups excluding carboxylic acids is 2. The summed E-state index contributed by atoms with van der Waals surface area (Å²) in [7, 11) is 1.28. The fourth-order valence-electron chi connectivity index (χ4n) is 1.43. The molecule has 4 nitrogen and oxygen atoms in total. The van der Waals surface area contributed by atoms with Gasteiger partial charge >= 0.3 is 5.97 Å². The minimum atomic E-state index is -0.730. The zero-order chi connectivity index (χ0) is 11.4. The minimum Gasteiger partial charge on any atom is -0.469 e. The molecule has 0 radical (unpaired) electrons. The average molecular weight is 210 g/mol. The van der Waals surface area contributed by atoms with Gasteiger partial charge in [0.05, 0.1) is 18.9 Å². The van der Waals surface area contributed by atoms with Gasteiger partial charge < -0.3 is 9.15 Å². The Kier molecular flexibility index (Phi) is 3.66. The van der Waals surface area contributed by atoms with E-state index >= 15 is 0 Å². The molecule has 0 amide bonds. The summed E-state index contributed by atoms with van der Waals surface area (Å²) in [6, 6.07) is 1.57. The van der Waals surface area contributed by atoms with Gasteiger partial charge in [-0.05, 0) is 19.4 Å². The number of ketones is 1. The highest BCUT2D eigenvalue weighted by Crippen LogP contribution is 2.17. The lowest BCUT2D eigenvalue weighted by Crippen LogP contribution is -2.24. The minimum absolute atomic E-state index is 0.240. The normalized spacial score (nSPS) is 12.2. The third-order valence-corrected chi connectivity index (χ3v) is 2.33. The van der Waals surface area contributed by atoms with Crippen molar-refractivity contribution in [3.8, 4) is 0 Å². The van der Waals surface area contributed by atoms with Crippen LogP contribution in [0.3, 0.4) is 0 Å². The van der Waals surface area contributed by atoms with Crippen LogP contribution in [0.5, 0.6) is 0 Å². The molecule has 1 aromatic rings. The molecule has 82 valence electrons. The molecule has 0 bridgehead atoms. The summed E-state index contributed by atoms with van der Waals surface area (Å²) in [4.78, 5) is 23.2. The topological polar surface area (TPSA) is 56.5 Å². The standard InChI is InChI=1S/C11H14O4/c1-4-8(11(13)14-3)10(12)9-5-6-15-7(9)2/h5-6,8H,4H2,1-3H3. The molecule has 0 aliphatic rings. The third-order valence-electron chi connectivity index (χ3n) is 2.33. The van der Waals surface area contributed by atoms with E-state index in [1.54, 1.807) is 19.9 Å². The largest absolute Gasteiger partial charge is 0.469 e. The van der Waals surface area contributed by atoms with Gasteiger partial charge in [0.15, 0.2) is 5.78 Å². The Bertz CT molecular complexity index is 364. The first-order chi connectivity index (χ1) is 7.11. The maximum atomic E-state index is 11.9. The van der Waals surface area contributed by atoms with Gasteiger partial charge in [-0.15, -0.1) is 0 Å². The first kappa shape index (κ1) is 11.5. The number of hydrogen-bond donors (Lipinski definition) is 0. The Balaban J connectivity index is 2.92. The first-order valence-corrected chi connectivity index (χ1v) is 4.78. The molecule has 0 spiro atoms. The number of Topliss-reactive ketones (excluding diaryl/α,β-unsaturated/α-hetero) is 1. The van der Waals surface area contributed by atoms with E-state index in [1.165, 1.54) is 13.4 Å². The quantitative estimate of drug-likeness (QED) is 0.433. The van der Waals surface area contributed by atoms with Crippen molar-refractivity contribution in [3.63, 3.8) is 0 Å². The van der Waals surface area contributed by atoms with Crippen molar-refractivity contribution in [1.29, 1.82) is 0 Å². The van der Waals surface area contributed by atoms with Gasteiger partial charge in [-0.3, -0.25) is 9.59 Å². The average Bonchev–Trinajstić information content (AvgIpc) is 2.65. The van der Waals surface area contributed by atoms with Gasteiger partial charge in [-0.25, -0.2) is 0 Å². The molecule has 0 aliphatic heterocycles. The number of esters is 1. The van der Waals surface area contributed by atoms with Crippen LogP contribution in [0.25, 0.3) is 0 Å². The molecule has 1 atom stereocenters. The van der Waals surface area contributed by atoms with Crippen molar-refractivity contribution in [2.24, 2.45) is 5.92 Å². The summed E-state index contributed by atoms with van der Waals surface area (Å²) in [5.41, 5.74) is 0.451. The fourth-order valence-corrected chi connectivity index (χ4v) is 1.43. The molecule has 0 aliphatic carbocycles. The van der Waals surface area contributed by atoms with Crippen molar-refractivity contribution in [1.82, 2.24) is 0 Å². The van der Waals surface area contributed by atoms with E-state index < -0.39 is 11.9 Å². The molecule has 0 saturated heterocycles. The molecular formula is C11H14O4. The summed E-state index contributed by atoms with van der Waals surface area (Å²) >= 11 is 0. The van der Waals surface area contributed by atoms with Crippen molar-refractivity contribution < 1.29 is 18.7 Å². The van der Waals surface area contributed by atoms with E-state index in [9.17, 15) is 9.59 Å². The lowest BCUT2D eigenvalue weighted by Gasteiger charge is -2.10. The van der Waals surface area contributed by atoms with Crippen molar-refractivity contribution in [3.05, 3.63) is 23.7 Å². The molecule has 15 heavy (non-hydrogen) atoms. The van der Waals surface area contributed by atoms with E-state index in [-0.39, 0.29) is 5.78 Å². The number of hydrogen-bond acceptors (Lipinski definition) is 4. The number of carbonyl (C=O) groups is 2. The number of methoxy groups -OCH3 is 1. The molecule has 0 N–H and O–H groups in total. The summed E-state index contributed by atoms with van der Waals surface area (Å²) in [5.74, 6) is -0.938. The molecule has 1 heterocycles. The van der Waals surface area contributed by atoms with Gasteiger partial charge in [0.1, 0.15) is 11.7 Å². The van der Waals surface area contributed by atoms with Crippen LogP contribution < -0.4 is 0 Å². The highest BCUT2D eigenvalue weighted by molar-refractivity contribution is 6.09. The van der Waals surface area contributed by atoms with Gasteiger partial charge in [-0.1, -0.05) is 6.92 Å². The van der Waals surface area contributed by atoms with Gasteiger partial charge in [0.25, 0.3) is 0 Å². The predicted molar refractivity (Wildman–Crippen MR) is 53.6 cm³/mol. The van der Waals surface area contributed by atoms with E-state index in [4.69, 9.17) is 4.42 Å². The summed E-state index contributed by atoms with van der Waals surface area (Å²) in [6.45, 7) is 3.46. The summed E-state index contributed by atoms with van der Waals surface area (Å²) in [6.07, 6.45) is 1.86. The second-order valence-corrected chi connectivity index (χ2v) is 3.24. The van der Waals surface area contributed by atoms with Crippen molar-refractivity contribution in [2.45, 2.75) is 20.3 Å². The predicted octanol–water partition coefficient (Wildman–Crippen LogP) is 1.97. The van der Waals surface area contributed by atoms with Crippen LogP contribution in [0.1, 0.15) is 29.5 Å². The number of furan rings is 1. The van der Waals surface area contributed by atoms with Gasteiger partial charge in [-0.2, -0.15) is 0 Å². The van der Waals surface area contributed by atoms with E-state index in [2.05, 4.69) is 4.74 Å².